The molecule has 0 aliphatic rings. The maximum Gasteiger partial charge on any atom is 0.311 e. The summed E-state index contributed by atoms with van der Waals surface area (Å²) < 4.78 is 6.48. The monoisotopic (exact) mass is 277 g/mol. The van der Waals surface area contributed by atoms with Crippen LogP contribution in [-0.4, -0.2) is 37.6 Å². The highest BCUT2D eigenvalue weighted by molar-refractivity contribution is 5.82. The lowest BCUT2D eigenvalue weighted by atomic mass is 10.1. The molecule has 8 nitrogen and oxygen atoms in total. The minimum Gasteiger partial charge on any atom is -0.452 e. The summed E-state index contributed by atoms with van der Waals surface area (Å²) in [6, 6.07) is 0. The molecule has 2 aromatic heterocycles. The molecule has 1 atom stereocenters. The van der Waals surface area contributed by atoms with Crippen molar-refractivity contribution in [1.82, 2.24) is 19.6 Å². The fourth-order valence-corrected chi connectivity index (χ4v) is 1.85. The van der Waals surface area contributed by atoms with Gasteiger partial charge in [0, 0.05) is 17.0 Å². The molecule has 0 aromatic carbocycles. The lowest BCUT2D eigenvalue weighted by Gasteiger charge is -2.12. The van der Waals surface area contributed by atoms with E-state index >= 15 is 0 Å². The number of aryl methyl sites for hydroxylation is 2. The molecule has 20 heavy (non-hydrogen) atoms. The Balaban J connectivity index is 2.25. The maximum absolute atomic E-state index is 11.8. The first-order chi connectivity index (χ1) is 9.40. The fraction of sp³-hybridized carbons (Fsp3) is 0.417. The van der Waals surface area contributed by atoms with Crippen molar-refractivity contribution in [2.24, 2.45) is 5.73 Å². The Kier molecular flexibility index (Phi) is 3.64. The van der Waals surface area contributed by atoms with Crippen molar-refractivity contribution in [3.63, 3.8) is 0 Å². The third-order valence-electron chi connectivity index (χ3n) is 3.02. The molecule has 8 heteroatoms. The van der Waals surface area contributed by atoms with Crippen LogP contribution in [0, 0.1) is 13.8 Å². The molecule has 0 unspecified atom stereocenters. The number of hydrogen-bond donors (Lipinski definition) is 1. The van der Waals surface area contributed by atoms with Gasteiger partial charge in [0.1, 0.15) is 6.33 Å². The van der Waals surface area contributed by atoms with Crippen LogP contribution in [0.15, 0.2) is 6.33 Å². The second kappa shape index (κ2) is 5.24. The van der Waals surface area contributed by atoms with E-state index in [2.05, 4.69) is 15.1 Å². The van der Waals surface area contributed by atoms with Gasteiger partial charge in [-0.15, -0.1) is 0 Å². The van der Waals surface area contributed by atoms with E-state index in [1.54, 1.807) is 11.4 Å². The van der Waals surface area contributed by atoms with Crippen LogP contribution in [0.4, 0.5) is 0 Å². The number of rotatable bonds is 4. The molecule has 1 amide bonds. The molecule has 106 valence electrons. The van der Waals surface area contributed by atoms with Crippen LogP contribution in [0.5, 0.6) is 0 Å². The molecule has 0 bridgehead atoms. The van der Waals surface area contributed by atoms with E-state index in [9.17, 15) is 9.59 Å². The van der Waals surface area contributed by atoms with Crippen LogP contribution in [0.2, 0.25) is 0 Å². The zero-order valence-corrected chi connectivity index (χ0v) is 11.5. The number of ether oxygens (including phenoxy) is 1. The Bertz CT molecular complexity index is 679. The Morgan fingerprint density at radius 3 is 2.80 bits per heavy atom. The zero-order valence-electron chi connectivity index (χ0n) is 11.5. The van der Waals surface area contributed by atoms with E-state index in [0.29, 0.717) is 17.0 Å². The predicted octanol–water partition coefficient (Wildman–Crippen LogP) is -0.299. The topological polar surface area (TPSA) is 112 Å². The summed E-state index contributed by atoms with van der Waals surface area (Å²) in [7, 11) is 0. The summed E-state index contributed by atoms with van der Waals surface area (Å²) in [5.74, 6) is -0.747. The number of esters is 1. The van der Waals surface area contributed by atoms with E-state index in [-0.39, 0.29) is 6.42 Å². The van der Waals surface area contributed by atoms with E-state index in [0.717, 1.165) is 5.69 Å². The van der Waals surface area contributed by atoms with Crippen molar-refractivity contribution >= 4 is 17.7 Å². The van der Waals surface area contributed by atoms with Crippen molar-refractivity contribution in [3.8, 4) is 0 Å². The Hall–Kier alpha value is -2.51. The highest BCUT2D eigenvalue weighted by Crippen LogP contribution is 2.14. The molecular formula is C12H15N5O3. The number of fused-ring (bicyclic) bond motifs is 1. The number of amides is 1. The van der Waals surface area contributed by atoms with Gasteiger partial charge < -0.3 is 10.5 Å². The van der Waals surface area contributed by atoms with Crippen LogP contribution in [-0.2, 0) is 20.7 Å². The van der Waals surface area contributed by atoms with Crippen molar-refractivity contribution in [2.75, 3.05) is 0 Å². The molecule has 2 N–H and O–H groups in total. The quantitative estimate of drug-likeness (QED) is 0.768. The Morgan fingerprint density at radius 2 is 2.15 bits per heavy atom. The molecule has 0 saturated carbocycles. The van der Waals surface area contributed by atoms with E-state index in [1.807, 2.05) is 6.92 Å². The van der Waals surface area contributed by atoms with Crippen molar-refractivity contribution in [1.29, 1.82) is 0 Å². The molecule has 0 aliphatic heterocycles. The van der Waals surface area contributed by atoms with Gasteiger partial charge >= 0.3 is 5.97 Å². The molecule has 2 aromatic rings. The summed E-state index contributed by atoms with van der Waals surface area (Å²) in [6.07, 6.45) is 0.440. The second-order valence-electron chi connectivity index (χ2n) is 4.44. The van der Waals surface area contributed by atoms with Crippen molar-refractivity contribution < 1.29 is 14.3 Å². The third-order valence-corrected chi connectivity index (χ3v) is 3.02. The lowest BCUT2D eigenvalue weighted by molar-refractivity contribution is -0.153. The highest BCUT2D eigenvalue weighted by Gasteiger charge is 2.18. The molecule has 0 spiro atoms. The Labute approximate surface area is 115 Å². The number of aromatic nitrogens is 4. The number of carbonyl (C=O) groups is 2. The van der Waals surface area contributed by atoms with Gasteiger partial charge in [-0.1, -0.05) is 0 Å². The molecule has 0 saturated heterocycles. The van der Waals surface area contributed by atoms with Gasteiger partial charge in [0.2, 0.25) is 0 Å². The SMILES string of the molecule is Cc1nc2ncnn2c(C)c1CC(=O)O[C@@H](C)C(N)=O. The number of nitrogens with two attached hydrogens (primary N) is 1. The third kappa shape index (κ3) is 2.58. The zero-order chi connectivity index (χ0) is 14.9. The number of nitrogens with zero attached hydrogens (tertiary/aromatic N) is 4. The standard InChI is InChI=1S/C12H15N5O3/c1-6-9(4-10(18)20-8(3)11(13)19)7(2)17-12(16-6)14-5-15-17/h5,8H,4H2,1-3H3,(H2,13,19)/t8-/m0/s1. The van der Waals surface area contributed by atoms with Crippen molar-refractivity contribution in [2.45, 2.75) is 33.3 Å². The highest BCUT2D eigenvalue weighted by atomic mass is 16.5. The van der Waals surface area contributed by atoms with Crippen LogP contribution >= 0.6 is 0 Å². The van der Waals surface area contributed by atoms with Gasteiger partial charge in [-0.25, -0.2) is 9.50 Å². The molecule has 0 radical (unpaired) electrons. The van der Waals surface area contributed by atoms with Gasteiger partial charge in [-0.2, -0.15) is 10.1 Å². The predicted molar refractivity (Wildman–Crippen MR) is 68.7 cm³/mol. The van der Waals surface area contributed by atoms with Crippen LogP contribution in [0.1, 0.15) is 23.9 Å². The first-order valence-corrected chi connectivity index (χ1v) is 6.04. The average molecular weight is 277 g/mol. The molecule has 2 rings (SSSR count). The largest absolute Gasteiger partial charge is 0.452 e. The van der Waals surface area contributed by atoms with Gasteiger partial charge in [-0.05, 0) is 20.8 Å². The summed E-state index contributed by atoms with van der Waals surface area (Å²) in [5.41, 5.74) is 7.18. The molecule has 2 heterocycles. The first kappa shape index (κ1) is 13.9. The van der Waals surface area contributed by atoms with Gasteiger partial charge in [-0.3, -0.25) is 9.59 Å². The van der Waals surface area contributed by atoms with E-state index in [1.165, 1.54) is 13.3 Å². The van der Waals surface area contributed by atoms with E-state index in [4.69, 9.17) is 10.5 Å². The normalized spacial score (nSPS) is 12.3. The summed E-state index contributed by atoms with van der Waals surface area (Å²) in [4.78, 5) is 30.9. The first-order valence-electron chi connectivity index (χ1n) is 6.04. The fourth-order valence-electron chi connectivity index (χ4n) is 1.85. The summed E-state index contributed by atoms with van der Waals surface area (Å²) >= 11 is 0. The maximum atomic E-state index is 11.8. The van der Waals surface area contributed by atoms with Gasteiger partial charge in [0.05, 0.1) is 6.42 Å². The number of carbonyl (C=O) groups excluding carboxylic acids is 2. The summed E-state index contributed by atoms with van der Waals surface area (Å²) in [5, 5.41) is 4.03. The second-order valence-corrected chi connectivity index (χ2v) is 4.44. The van der Waals surface area contributed by atoms with Crippen LogP contribution < -0.4 is 5.73 Å². The van der Waals surface area contributed by atoms with Gasteiger partial charge in [0.25, 0.3) is 11.7 Å². The lowest BCUT2D eigenvalue weighted by Crippen LogP contribution is -2.31. The minimum absolute atomic E-state index is 0.00190. The van der Waals surface area contributed by atoms with Crippen LogP contribution in [0.3, 0.4) is 0 Å². The molecule has 0 aliphatic carbocycles. The molecular weight excluding hydrogens is 262 g/mol. The summed E-state index contributed by atoms with van der Waals surface area (Å²) in [6.45, 7) is 5.02. The smallest absolute Gasteiger partial charge is 0.311 e. The molecule has 0 fully saturated rings. The number of hydrogen-bond acceptors (Lipinski definition) is 6. The average Bonchev–Trinajstić information content (AvgIpc) is 2.82. The Morgan fingerprint density at radius 1 is 1.45 bits per heavy atom. The van der Waals surface area contributed by atoms with Crippen molar-refractivity contribution in [3.05, 3.63) is 23.3 Å². The van der Waals surface area contributed by atoms with E-state index < -0.39 is 18.0 Å². The van der Waals surface area contributed by atoms with Gasteiger partial charge in [0.15, 0.2) is 6.10 Å². The number of primary amides is 1. The minimum atomic E-state index is -0.953. The van der Waals surface area contributed by atoms with Crippen LogP contribution in [0.25, 0.3) is 5.78 Å².